The van der Waals surface area contributed by atoms with Crippen LogP contribution in [0.25, 0.3) is 0 Å². The molecule has 5 rings (SSSR count). The molecule has 1 aliphatic carbocycles. The van der Waals surface area contributed by atoms with Crippen LogP contribution in [0.15, 0.2) is 47.7 Å². The monoisotopic (exact) mass is 559 g/mol. The van der Waals surface area contributed by atoms with Gasteiger partial charge in [0.25, 0.3) is 11.8 Å². The lowest BCUT2D eigenvalue weighted by Crippen LogP contribution is -2.35. The van der Waals surface area contributed by atoms with Crippen molar-refractivity contribution in [2.24, 2.45) is 28.0 Å². The van der Waals surface area contributed by atoms with E-state index in [1.54, 1.807) is 18.2 Å². The molecule has 1 fully saturated rings. The van der Waals surface area contributed by atoms with Gasteiger partial charge in [-0.05, 0) is 66.3 Å². The van der Waals surface area contributed by atoms with Crippen LogP contribution >= 0.6 is 11.3 Å². The summed E-state index contributed by atoms with van der Waals surface area (Å²) in [6.45, 7) is 7.24. The zero-order valence-electron chi connectivity index (χ0n) is 23.2. The number of nitrogen functional groups attached to an aromatic ring is 1. The fourth-order valence-corrected chi connectivity index (χ4v) is 6.69. The molecular formula is C30H37N7O2S. The molecule has 3 atom stereocenters. The Morgan fingerprint density at radius 2 is 1.98 bits per heavy atom. The maximum atomic E-state index is 13.3. The number of hydrogen-bond acceptors (Lipinski definition) is 8. The van der Waals surface area contributed by atoms with Gasteiger partial charge in [0.1, 0.15) is 5.00 Å². The van der Waals surface area contributed by atoms with E-state index in [1.165, 1.54) is 48.7 Å². The van der Waals surface area contributed by atoms with E-state index >= 15 is 0 Å². The fourth-order valence-electron chi connectivity index (χ4n) is 5.69. The molecule has 6 N–H and O–H groups in total. The molecule has 40 heavy (non-hydrogen) atoms. The highest BCUT2D eigenvalue weighted by Gasteiger charge is 2.37. The normalized spacial score (nSPS) is 19.1. The first-order valence-corrected chi connectivity index (χ1v) is 14.7. The summed E-state index contributed by atoms with van der Waals surface area (Å²) >= 11 is 1.45. The molecule has 0 spiro atoms. The molecule has 0 radical (unpaired) electrons. The summed E-state index contributed by atoms with van der Waals surface area (Å²) in [5.74, 6) is 0.579. The molecule has 9 nitrogen and oxygen atoms in total. The third-order valence-corrected chi connectivity index (χ3v) is 9.63. The number of rotatable bonds is 8. The van der Waals surface area contributed by atoms with Gasteiger partial charge in [0, 0.05) is 36.3 Å². The largest absolute Gasteiger partial charge is 0.382 e. The van der Waals surface area contributed by atoms with E-state index in [1.807, 2.05) is 12.1 Å². The van der Waals surface area contributed by atoms with Crippen molar-refractivity contribution < 1.29 is 9.59 Å². The van der Waals surface area contributed by atoms with Gasteiger partial charge in [0.2, 0.25) is 0 Å². The van der Waals surface area contributed by atoms with E-state index in [9.17, 15) is 9.59 Å². The van der Waals surface area contributed by atoms with Crippen LogP contribution < -0.4 is 22.1 Å². The second-order valence-corrected chi connectivity index (χ2v) is 12.4. The van der Waals surface area contributed by atoms with E-state index in [-0.39, 0.29) is 24.0 Å². The summed E-state index contributed by atoms with van der Waals surface area (Å²) < 4.78 is 0. The number of anilines is 2. The summed E-state index contributed by atoms with van der Waals surface area (Å²) in [5.41, 5.74) is 16.0. The zero-order chi connectivity index (χ0) is 28.4. The highest BCUT2D eigenvalue weighted by Crippen LogP contribution is 2.46. The van der Waals surface area contributed by atoms with Crippen molar-refractivity contribution in [3.8, 4) is 0 Å². The number of hydrogen-bond donors (Lipinski definition) is 4. The second kappa shape index (κ2) is 11.5. The van der Waals surface area contributed by atoms with Crippen molar-refractivity contribution in [1.29, 1.82) is 0 Å². The lowest BCUT2D eigenvalue weighted by molar-refractivity contribution is 0.0941. The number of amides is 2. The van der Waals surface area contributed by atoms with Crippen molar-refractivity contribution in [1.82, 2.24) is 15.3 Å². The fraction of sp³-hybridized carbons (Fsp3) is 0.433. The Morgan fingerprint density at radius 1 is 1.18 bits per heavy atom. The van der Waals surface area contributed by atoms with Gasteiger partial charge in [-0.3, -0.25) is 9.59 Å². The number of carbonyl (C=O) groups excluding carboxylic acids is 2. The Labute approximate surface area is 238 Å². The van der Waals surface area contributed by atoms with Gasteiger partial charge in [-0.1, -0.05) is 39.3 Å². The summed E-state index contributed by atoms with van der Waals surface area (Å²) in [6, 6.07) is 8.77. The average molecular weight is 560 g/mol. The SMILES string of the molecule is CCC(C)(C)[C@@H]1CCC2=Nc3sc(C(=O)N[C@H](CN)c4cccc(NC(=O)c5nccnc5N)c4)cc3CC2C1. The molecule has 0 saturated heterocycles. The third-order valence-electron chi connectivity index (χ3n) is 8.56. The van der Waals surface area contributed by atoms with Gasteiger partial charge < -0.3 is 22.1 Å². The van der Waals surface area contributed by atoms with E-state index < -0.39 is 11.9 Å². The Bertz CT molecular complexity index is 1450. The topological polar surface area (TPSA) is 148 Å². The van der Waals surface area contributed by atoms with E-state index in [2.05, 4.69) is 41.4 Å². The molecule has 2 aliphatic rings. The highest BCUT2D eigenvalue weighted by atomic mass is 32.1. The van der Waals surface area contributed by atoms with Crippen LogP contribution in [-0.2, 0) is 6.42 Å². The molecule has 2 amide bonds. The van der Waals surface area contributed by atoms with Crippen LogP contribution in [-0.4, -0.2) is 34.0 Å². The van der Waals surface area contributed by atoms with Crippen LogP contribution in [0.2, 0.25) is 0 Å². The third kappa shape index (κ3) is 5.78. The van der Waals surface area contributed by atoms with Crippen LogP contribution in [0.4, 0.5) is 16.5 Å². The molecule has 210 valence electrons. The van der Waals surface area contributed by atoms with Gasteiger partial charge in [-0.2, -0.15) is 0 Å². The molecular weight excluding hydrogens is 522 g/mol. The lowest BCUT2D eigenvalue weighted by atomic mass is 9.65. The van der Waals surface area contributed by atoms with E-state index in [0.29, 0.717) is 27.8 Å². The van der Waals surface area contributed by atoms with Crippen molar-refractivity contribution in [3.05, 3.63) is 64.4 Å². The van der Waals surface area contributed by atoms with Gasteiger partial charge in [0.15, 0.2) is 11.5 Å². The maximum Gasteiger partial charge on any atom is 0.278 e. The standard InChI is InChI=1S/C30H37N7O2S/c1-4-30(2,3)20-8-9-22-18(13-20)12-19-15-24(40-29(19)37-22)27(38)36-23(16-31)17-6-5-7-21(14-17)35-28(39)25-26(32)34-11-10-33-25/h5-7,10-11,14-15,18,20,23H,4,8-9,12-13,16,31H2,1-3H3,(H2,32,34)(H,35,39)(H,36,38)/t18?,20-,23-/m1/s1. The number of nitrogens with one attached hydrogen (secondary N) is 2. The highest BCUT2D eigenvalue weighted by molar-refractivity contribution is 7.18. The number of aliphatic imine (C=N–C) groups is 1. The van der Waals surface area contributed by atoms with E-state index in [0.717, 1.165) is 29.0 Å². The quantitative estimate of drug-likeness (QED) is 0.295. The molecule has 0 bridgehead atoms. The molecule has 2 aromatic heterocycles. The molecule has 1 unspecified atom stereocenters. The minimum Gasteiger partial charge on any atom is -0.382 e. The summed E-state index contributed by atoms with van der Waals surface area (Å²) in [4.78, 5) is 39.5. The van der Waals surface area contributed by atoms with Crippen LogP contribution in [0.1, 0.15) is 83.8 Å². The number of nitrogens with two attached hydrogens (primary N) is 2. The molecule has 1 aliphatic heterocycles. The van der Waals surface area contributed by atoms with Crippen LogP contribution in [0.3, 0.4) is 0 Å². The Morgan fingerprint density at radius 3 is 2.73 bits per heavy atom. The smallest absolute Gasteiger partial charge is 0.278 e. The zero-order valence-corrected chi connectivity index (χ0v) is 24.1. The minimum atomic E-state index is -0.466. The van der Waals surface area contributed by atoms with Crippen LogP contribution in [0.5, 0.6) is 0 Å². The van der Waals surface area contributed by atoms with Gasteiger partial charge in [-0.15, -0.1) is 11.3 Å². The summed E-state index contributed by atoms with van der Waals surface area (Å²) in [5, 5.41) is 6.82. The first kappa shape index (κ1) is 27.9. The molecule has 10 heteroatoms. The first-order chi connectivity index (χ1) is 19.2. The number of carbonyl (C=O) groups is 2. The Hall–Kier alpha value is -3.63. The van der Waals surface area contributed by atoms with Crippen molar-refractivity contribution in [2.45, 2.75) is 58.9 Å². The number of thiophene rings is 1. The summed E-state index contributed by atoms with van der Waals surface area (Å²) in [7, 11) is 0. The summed E-state index contributed by atoms with van der Waals surface area (Å²) in [6.07, 6.45) is 8.37. The maximum absolute atomic E-state index is 13.3. The molecule has 3 aromatic rings. The molecule has 1 saturated carbocycles. The number of nitrogens with zero attached hydrogens (tertiary/aromatic N) is 3. The predicted molar refractivity (Wildman–Crippen MR) is 160 cm³/mol. The average Bonchev–Trinajstić information content (AvgIpc) is 3.37. The molecule has 3 heterocycles. The first-order valence-electron chi connectivity index (χ1n) is 13.9. The van der Waals surface area contributed by atoms with Crippen molar-refractivity contribution in [2.75, 3.05) is 17.6 Å². The Balaban J connectivity index is 1.26. The number of aromatic nitrogens is 2. The molecule has 1 aromatic carbocycles. The lowest BCUT2D eigenvalue weighted by Gasteiger charge is -2.41. The Kier molecular flexibility index (Phi) is 8.00. The van der Waals surface area contributed by atoms with Crippen molar-refractivity contribution in [3.63, 3.8) is 0 Å². The van der Waals surface area contributed by atoms with Gasteiger partial charge in [-0.25, -0.2) is 15.0 Å². The van der Waals surface area contributed by atoms with Crippen molar-refractivity contribution >= 4 is 45.4 Å². The van der Waals surface area contributed by atoms with Gasteiger partial charge >= 0.3 is 0 Å². The number of benzene rings is 1. The van der Waals surface area contributed by atoms with E-state index in [4.69, 9.17) is 16.5 Å². The minimum absolute atomic E-state index is 0.0475. The number of fused-ring (bicyclic) bond motifs is 2. The second-order valence-electron chi connectivity index (χ2n) is 11.4. The predicted octanol–water partition coefficient (Wildman–Crippen LogP) is 5.28. The van der Waals surface area contributed by atoms with Gasteiger partial charge in [0.05, 0.1) is 10.9 Å². The van der Waals surface area contributed by atoms with Crippen LogP contribution in [0, 0.1) is 17.3 Å².